The summed E-state index contributed by atoms with van der Waals surface area (Å²) >= 11 is 6.36. The van der Waals surface area contributed by atoms with Crippen molar-refractivity contribution in [1.29, 1.82) is 0 Å². The first kappa shape index (κ1) is 23.9. The largest absolute Gasteiger partial charge is 0.495 e. The van der Waals surface area contributed by atoms with E-state index in [0.29, 0.717) is 16.8 Å². The Balaban J connectivity index is 1.42. The molecule has 184 valence electrons. The molecule has 1 atom stereocenters. The molecule has 0 aliphatic carbocycles. The van der Waals surface area contributed by atoms with Crippen molar-refractivity contribution < 1.29 is 14.0 Å². The van der Waals surface area contributed by atoms with E-state index in [1.165, 1.54) is 0 Å². The Kier molecular flexibility index (Phi) is 7.09. The van der Waals surface area contributed by atoms with Crippen molar-refractivity contribution in [2.24, 2.45) is 0 Å². The van der Waals surface area contributed by atoms with E-state index in [2.05, 4.69) is 45.9 Å². The van der Waals surface area contributed by atoms with E-state index >= 15 is 0 Å². The van der Waals surface area contributed by atoms with Crippen LogP contribution in [-0.2, 0) is 24.1 Å². The lowest BCUT2D eigenvalue weighted by Gasteiger charge is -2.32. The van der Waals surface area contributed by atoms with Gasteiger partial charge in [0.15, 0.2) is 5.58 Å². The van der Waals surface area contributed by atoms with Gasteiger partial charge in [-0.1, -0.05) is 22.8 Å². The van der Waals surface area contributed by atoms with Crippen molar-refractivity contribution in [3.63, 3.8) is 0 Å². The summed E-state index contributed by atoms with van der Waals surface area (Å²) in [5.41, 5.74) is 4.87. The molecule has 5 rings (SSSR count). The highest BCUT2D eigenvalue weighted by Crippen LogP contribution is 2.28. The lowest BCUT2D eigenvalue weighted by atomic mass is 10.1. The fraction of sp³-hybridized carbons (Fsp3) is 0.407. The minimum atomic E-state index is 0.387. The first-order chi connectivity index (χ1) is 17.0. The van der Waals surface area contributed by atoms with E-state index in [1.54, 1.807) is 7.11 Å². The third-order valence-corrected chi connectivity index (χ3v) is 7.08. The Morgan fingerprint density at radius 3 is 2.71 bits per heavy atom. The van der Waals surface area contributed by atoms with Crippen LogP contribution in [0.1, 0.15) is 24.0 Å². The lowest BCUT2D eigenvalue weighted by Crippen LogP contribution is -2.44. The van der Waals surface area contributed by atoms with Gasteiger partial charge in [-0.2, -0.15) is 0 Å². The van der Waals surface area contributed by atoms with Crippen LogP contribution in [0.4, 0.5) is 0 Å². The quantitative estimate of drug-likeness (QED) is 0.337. The van der Waals surface area contributed by atoms with E-state index in [0.717, 1.165) is 85.0 Å². The number of halogens is 1. The molecule has 1 aliphatic heterocycles. The molecule has 4 aromatic rings. The first-order valence-electron chi connectivity index (χ1n) is 12.1. The molecule has 2 aromatic carbocycles. The van der Waals surface area contributed by atoms with Crippen LogP contribution in [0.15, 0.2) is 47.1 Å². The van der Waals surface area contributed by atoms with E-state index in [1.807, 2.05) is 25.1 Å². The Hall–Kier alpha value is -2.87. The van der Waals surface area contributed by atoms with Gasteiger partial charge in [-0.05, 0) is 56.2 Å². The molecule has 35 heavy (non-hydrogen) atoms. The van der Waals surface area contributed by atoms with Gasteiger partial charge in [0, 0.05) is 49.2 Å². The zero-order chi connectivity index (χ0) is 24.4. The standard InChI is InChI=1S/C27H31ClN4O3/c1-18(31-10-12-34-13-11-31)16-32-17-24(21-6-8-25-22(15-21)19(2)30-35-25)29-27(32)9-5-20-4-7-26(33-3)23(28)14-20/h4,6-8,14-15,17-18H,5,9-13,16H2,1-3H3/t18-/m0/s1. The third-order valence-electron chi connectivity index (χ3n) is 6.79. The van der Waals surface area contributed by atoms with Crippen molar-refractivity contribution >= 4 is 22.6 Å². The van der Waals surface area contributed by atoms with Crippen molar-refractivity contribution in [2.75, 3.05) is 33.4 Å². The van der Waals surface area contributed by atoms with Gasteiger partial charge in [-0.15, -0.1) is 0 Å². The molecule has 0 spiro atoms. The summed E-state index contributed by atoms with van der Waals surface area (Å²) in [6.07, 6.45) is 3.83. The highest BCUT2D eigenvalue weighted by atomic mass is 35.5. The molecule has 8 heteroatoms. The van der Waals surface area contributed by atoms with E-state index < -0.39 is 0 Å². The summed E-state index contributed by atoms with van der Waals surface area (Å²) in [5, 5.41) is 5.74. The maximum absolute atomic E-state index is 6.36. The van der Waals surface area contributed by atoms with Gasteiger partial charge in [0.1, 0.15) is 11.6 Å². The first-order valence-corrected chi connectivity index (χ1v) is 12.5. The topological polar surface area (TPSA) is 65.6 Å². The highest BCUT2D eigenvalue weighted by molar-refractivity contribution is 6.32. The molecule has 0 saturated carbocycles. The molecule has 3 heterocycles. The van der Waals surface area contributed by atoms with Crippen LogP contribution in [0.25, 0.3) is 22.2 Å². The SMILES string of the molecule is COc1ccc(CCc2nc(-c3ccc4onc(C)c4c3)cn2C[C@H](C)N2CCOCC2)cc1Cl. The van der Waals surface area contributed by atoms with Gasteiger partial charge in [-0.25, -0.2) is 4.98 Å². The molecule has 0 amide bonds. The molecule has 0 unspecified atom stereocenters. The number of benzene rings is 2. The summed E-state index contributed by atoms with van der Waals surface area (Å²) in [6, 6.07) is 12.5. The average molecular weight is 495 g/mol. The number of aryl methyl sites for hydroxylation is 3. The lowest BCUT2D eigenvalue weighted by molar-refractivity contribution is 0.0168. The summed E-state index contributed by atoms with van der Waals surface area (Å²) in [5.74, 6) is 1.76. The summed E-state index contributed by atoms with van der Waals surface area (Å²) in [7, 11) is 1.63. The summed E-state index contributed by atoms with van der Waals surface area (Å²) < 4.78 is 18.5. The van der Waals surface area contributed by atoms with Crippen LogP contribution in [-0.4, -0.2) is 59.1 Å². The number of ether oxygens (including phenoxy) is 2. The van der Waals surface area contributed by atoms with E-state index in [4.69, 9.17) is 30.6 Å². The molecular weight excluding hydrogens is 464 g/mol. The van der Waals surface area contributed by atoms with Crippen molar-refractivity contribution in [3.05, 3.63) is 64.7 Å². The van der Waals surface area contributed by atoms with Crippen LogP contribution in [0, 0.1) is 6.92 Å². The molecule has 0 N–H and O–H groups in total. The van der Waals surface area contributed by atoms with Crippen LogP contribution < -0.4 is 4.74 Å². The molecule has 0 radical (unpaired) electrons. The van der Waals surface area contributed by atoms with Gasteiger partial charge >= 0.3 is 0 Å². The fourth-order valence-corrected chi connectivity index (χ4v) is 4.99. The molecule has 1 saturated heterocycles. The van der Waals surface area contributed by atoms with Crippen LogP contribution >= 0.6 is 11.6 Å². The van der Waals surface area contributed by atoms with Crippen molar-refractivity contribution in [1.82, 2.24) is 19.6 Å². The number of methoxy groups -OCH3 is 1. The summed E-state index contributed by atoms with van der Waals surface area (Å²) in [6.45, 7) is 8.64. The molecule has 2 aromatic heterocycles. The Bertz CT molecular complexity index is 1310. The Labute approximate surface area is 210 Å². The number of nitrogens with zero attached hydrogens (tertiary/aromatic N) is 4. The molecule has 1 fully saturated rings. The van der Waals surface area contributed by atoms with Crippen molar-refractivity contribution in [3.8, 4) is 17.0 Å². The second-order valence-electron chi connectivity index (χ2n) is 9.14. The molecular formula is C27H31ClN4O3. The van der Waals surface area contributed by atoms with E-state index in [9.17, 15) is 0 Å². The number of morpholine rings is 1. The fourth-order valence-electron chi connectivity index (χ4n) is 4.71. The Morgan fingerprint density at radius 2 is 1.94 bits per heavy atom. The third kappa shape index (κ3) is 5.22. The van der Waals surface area contributed by atoms with Gasteiger partial charge in [0.2, 0.25) is 0 Å². The smallest absolute Gasteiger partial charge is 0.167 e. The average Bonchev–Trinajstić information content (AvgIpc) is 3.46. The van der Waals surface area contributed by atoms with Gasteiger partial charge in [0.05, 0.1) is 36.7 Å². The van der Waals surface area contributed by atoms with E-state index in [-0.39, 0.29) is 0 Å². The summed E-state index contributed by atoms with van der Waals surface area (Å²) in [4.78, 5) is 7.57. The number of aromatic nitrogens is 3. The number of hydrogen-bond donors (Lipinski definition) is 0. The Morgan fingerprint density at radius 1 is 1.11 bits per heavy atom. The predicted molar refractivity (Wildman–Crippen MR) is 137 cm³/mol. The van der Waals surface area contributed by atoms with Crippen LogP contribution in [0.5, 0.6) is 5.75 Å². The number of fused-ring (bicyclic) bond motifs is 1. The number of rotatable bonds is 8. The van der Waals surface area contributed by atoms with Gasteiger partial charge < -0.3 is 18.6 Å². The van der Waals surface area contributed by atoms with Crippen LogP contribution in [0.2, 0.25) is 5.02 Å². The monoisotopic (exact) mass is 494 g/mol. The zero-order valence-corrected chi connectivity index (χ0v) is 21.2. The molecule has 0 bridgehead atoms. The molecule has 1 aliphatic rings. The zero-order valence-electron chi connectivity index (χ0n) is 20.5. The van der Waals surface area contributed by atoms with Gasteiger partial charge in [0.25, 0.3) is 0 Å². The second kappa shape index (κ2) is 10.4. The number of imidazole rings is 1. The minimum absolute atomic E-state index is 0.387. The molecule has 7 nitrogen and oxygen atoms in total. The van der Waals surface area contributed by atoms with Crippen molar-refractivity contribution in [2.45, 2.75) is 39.3 Å². The second-order valence-corrected chi connectivity index (χ2v) is 9.55. The van der Waals surface area contributed by atoms with Gasteiger partial charge in [-0.3, -0.25) is 4.90 Å². The van der Waals surface area contributed by atoms with Crippen LogP contribution in [0.3, 0.4) is 0 Å². The normalized spacial score (nSPS) is 15.5. The highest BCUT2D eigenvalue weighted by Gasteiger charge is 2.20. The predicted octanol–water partition coefficient (Wildman–Crippen LogP) is 5.17. The maximum Gasteiger partial charge on any atom is 0.167 e. The minimum Gasteiger partial charge on any atom is -0.495 e. The maximum atomic E-state index is 6.36. The number of hydrogen-bond acceptors (Lipinski definition) is 6.